The van der Waals surface area contributed by atoms with Gasteiger partial charge in [-0.3, -0.25) is 0 Å². The number of aliphatic hydroxyl groups excluding tert-OH is 1. The summed E-state index contributed by atoms with van der Waals surface area (Å²) in [5.41, 5.74) is 1.50. The highest BCUT2D eigenvalue weighted by Gasteiger charge is 2.20. The summed E-state index contributed by atoms with van der Waals surface area (Å²) in [6.07, 6.45) is -0.0394. The van der Waals surface area contributed by atoms with Gasteiger partial charge in [0, 0.05) is 11.6 Å². The molecule has 33 heavy (non-hydrogen) atoms. The third-order valence-electron chi connectivity index (χ3n) is 4.88. The Bertz CT molecular complexity index is 1220. The standard InChI is InChI=1S/C23H21Cl2NO5S.ClH/c24-17-3-1-2-16(12-17)22(27)14-26-11-10-15-4-6-18(7-5-15)32(30,31)19-8-9-20(23(28)29)21(25)13-19;/h1-9,12-13,22,26-27H,10-11,14H2,(H,28,29);1H/t22-;/m0./s1. The van der Waals surface area contributed by atoms with Gasteiger partial charge < -0.3 is 15.5 Å². The second-order valence-electron chi connectivity index (χ2n) is 7.12. The molecule has 0 radical (unpaired) electrons. The average Bonchev–Trinajstić information content (AvgIpc) is 2.76. The predicted octanol–water partition coefficient (Wildman–Crippen LogP) is 4.81. The fourth-order valence-electron chi connectivity index (χ4n) is 3.11. The molecule has 0 aliphatic rings. The van der Waals surface area contributed by atoms with E-state index in [-0.39, 0.29) is 32.8 Å². The van der Waals surface area contributed by atoms with Gasteiger partial charge in [-0.05, 0) is 66.6 Å². The van der Waals surface area contributed by atoms with E-state index in [0.29, 0.717) is 24.5 Å². The van der Waals surface area contributed by atoms with Gasteiger partial charge in [0.25, 0.3) is 0 Å². The average molecular weight is 531 g/mol. The zero-order valence-electron chi connectivity index (χ0n) is 17.2. The number of rotatable bonds is 9. The van der Waals surface area contributed by atoms with Gasteiger partial charge >= 0.3 is 5.97 Å². The van der Waals surface area contributed by atoms with Crippen LogP contribution in [0.2, 0.25) is 10.0 Å². The number of sulfone groups is 1. The van der Waals surface area contributed by atoms with Gasteiger partial charge in [-0.1, -0.05) is 47.5 Å². The van der Waals surface area contributed by atoms with Gasteiger partial charge in [-0.25, -0.2) is 13.2 Å². The van der Waals surface area contributed by atoms with E-state index < -0.39 is 21.9 Å². The molecule has 1 atom stereocenters. The van der Waals surface area contributed by atoms with E-state index >= 15 is 0 Å². The summed E-state index contributed by atoms with van der Waals surface area (Å²) in [6.45, 7) is 0.954. The van der Waals surface area contributed by atoms with Gasteiger partial charge in [-0.2, -0.15) is 0 Å². The summed E-state index contributed by atoms with van der Waals surface area (Å²) in [5, 5.41) is 22.8. The Labute approximate surface area is 208 Å². The Morgan fingerprint density at radius 3 is 2.24 bits per heavy atom. The number of hydrogen-bond acceptors (Lipinski definition) is 5. The van der Waals surface area contributed by atoms with Crippen molar-refractivity contribution >= 4 is 51.4 Å². The lowest BCUT2D eigenvalue weighted by Gasteiger charge is -2.13. The molecule has 0 saturated heterocycles. The fourth-order valence-corrected chi connectivity index (χ4v) is 4.92. The van der Waals surface area contributed by atoms with Crippen LogP contribution in [0.1, 0.15) is 27.6 Å². The Kier molecular flexibility index (Phi) is 9.72. The molecule has 3 N–H and O–H groups in total. The minimum atomic E-state index is -3.83. The van der Waals surface area contributed by atoms with Crippen molar-refractivity contribution < 1.29 is 23.4 Å². The van der Waals surface area contributed by atoms with E-state index in [1.807, 2.05) is 0 Å². The highest BCUT2D eigenvalue weighted by Crippen LogP contribution is 2.26. The first-order chi connectivity index (χ1) is 15.2. The molecular formula is C23H22Cl3NO5S. The molecule has 0 unspecified atom stereocenters. The van der Waals surface area contributed by atoms with Crippen LogP contribution >= 0.6 is 35.6 Å². The number of carboxylic acid groups (broad SMARTS) is 1. The molecule has 0 spiro atoms. The highest BCUT2D eigenvalue weighted by molar-refractivity contribution is 7.91. The van der Waals surface area contributed by atoms with Crippen LogP contribution in [0.5, 0.6) is 0 Å². The number of hydrogen-bond donors (Lipinski definition) is 3. The lowest BCUT2D eigenvalue weighted by atomic mass is 10.1. The molecule has 0 heterocycles. The largest absolute Gasteiger partial charge is 0.478 e. The number of carboxylic acids is 1. The molecule has 0 amide bonds. The lowest BCUT2D eigenvalue weighted by Crippen LogP contribution is -2.23. The number of aromatic carboxylic acids is 1. The predicted molar refractivity (Wildman–Crippen MR) is 131 cm³/mol. The molecule has 3 aromatic rings. The maximum atomic E-state index is 12.8. The molecule has 0 saturated carbocycles. The second kappa shape index (κ2) is 11.8. The zero-order chi connectivity index (χ0) is 23.3. The van der Waals surface area contributed by atoms with E-state index in [4.69, 9.17) is 28.3 Å². The normalized spacial score (nSPS) is 12.1. The Balaban J connectivity index is 0.00000385. The van der Waals surface area contributed by atoms with E-state index in [2.05, 4.69) is 5.32 Å². The van der Waals surface area contributed by atoms with E-state index in [9.17, 15) is 18.3 Å². The summed E-state index contributed by atoms with van der Waals surface area (Å²) < 4.78 is 25.6. The summed E-state index contributed by atoms with van der Waals surface area (Å²) >= 11 is 11.8. The van der Waals surface area contributed by atoms with Gasteiger partial charge in [0.05, 0.1) is 26.5 Å². The highest BCUT2D eigenvalue weighted by atomic mass is 35.5. The summed E-state index contributed by atoms with van der Waals surface area (Å²) in [4.78, 5) is 11.1. The van der Waals surface area contributed by atoms with Crippen molar-refractivity contribution in [1.82, 2.24) is 5.32 Å². The van der Waals surface area contributed by atoms with Crippen LogP contribution < -0.4 is 5.32 Å². The number of nitrogens with one attached hydrogen (secondary N) is 1. The lowest BCUT2D eigenvalue weighted by molar-refractivity contribution is 0.0697. The molecule has 0 fully saturated rings. The topological polar surface area (TPSA) is 104 Å². The first-order valence-corrected chi connectivity index (χ1v) is 11.9. The Morgan fingerprint density at radius 1 is 0.970 bits per heavy atom. The molecule has 6 nitrogen and oxygen atoms in total. The first-order valence-electron chi connectivity index (χ1n) is 9.69. The van der Waals surface area contributed by atoms with Gasteiger partial charge in [0.1, 0.15) is 0 Å². The van der Waals surface area contributed by atoms with Crippen LogP contribution in [0.3, 0.4) is 0 Å². The molecule has 3 rings (SSSR count). The molecule has 0 bridgehead atoms. The molecule has 0 aliphatic heterocycles. The van der Waals surface area contributed by atoms with Crippen molar-refractivity contribution in [2.45, 2.75) is 22.3 Å². The maximum Gasteiger partial charge on any atom is 0.337 e. The minimum absolute atomic E-state index is 0. The van der Waals surface area contributed by atoms with E-state index in [1.54, 1.807) is 36.4 Å². The molecular weight excluding hydrogens is 509 g/mol. The number of carbonyl (C=O) groups is 1. The van der Waals surface area contributed by atoms with Crippen LogP contribution in [0.25, 0.3) is 0 Å². The molecule has 0 aromatic heterocycles. The number of benzene rings is 3. The number of aliphatic hydroxyl groups is 1. The third-order valence-corrected chi connectivity index (χ3v) is 7.19. The van der Waals surface area contributed by atoms with Crippen molar-refractivity contribution in [3.05, 3.63) is 93.5 Å². The van der Waals surface area contributed by atoms with Crippen LogP contribution in [-0.4, -0.2) is 37.7 Å². The van der Waals surface area contributed by atoms with Gasteiger partial charge in [0.15, 0.2) is 0 Å². The summed E-state index contributed by atoms with van der Waals surface area (Å²) in [6, 6.07) is 17.0. The first kappa shape index (κ1) is 27.1. The monoisotopic (exact) mass is 529 g/mol. The van der Waals surface area contributed by atoms with Gasteiger partial charge in [-0.15, -0.1) is 12.4 Å². The Morgan fingerprint density at radius 2 is 1.64 bits per heavy atom. The summed E-state index contributed by atoms with van der Waals surface area (Å²) in [7, 11) is -3.83. The van der Waals surface area contributed by atoms with Crippen molar-refractivity contribution in [1.29, 1.82) is 0 Å². The van der Waals surface area contributed by atoms with E-state index in [0.717, 1.165) is 17.2 Å². The van der Waals surface area contributed by atoms with Crippen LogP contribution in [0, 0.1) is 0 Å². The van der Waals surface area contributed by atoms with Gasteiger partial charge in [0.2, 0.25) is 9.84 Å². The maximum absolute atomic E-state index is 12.8. The molecule has 10 heteroatoms. The van der Waals surface area contributed by atoms with Crippen LogP contribution in [0.4, 0.5) is 0 Å². The smallest absolute Gasteiger partial charge is 0.337 e. The fraction of sp³-hybridized carbons (Fsp3) is 0.174. The SMILES string of the molecule is Cl.O=C(O)c1ccc(S(=O)(=O)c2ccc(CCNC[C@H](O)c3cccc(Cl)c3)cc2)cc1Cl. The molecule has 3 aromatic carbocycles. The van der Waals surface area contributed by atoms with Crippen molar-refractivity contribution in [3.63, 3.8) is 0 Å². The third kappa shape index (κ3) is 6.93. The zero-order valence-corrected chi connectivity index (χ0v) is 20.4. The second-order valence-corrected chi connectivity index (χ2v) is 9.91. The summed E-state index contributed by atoms with van der Waals surface area (Å²) in [5.74, 6) is -1.23. The molecule has 176 valence electrons. The Hall–Kier alpha value is -2.13. The van der Waals surface area contributed by atoms with Crippen molar-refractivity contribution in [2.75, 3.05) is 13.1 Å². The van der Waals surface area contributed by atoms with Crippen molar-refractivity contribution in [3.8, 4) is 0 Å². The number of halogens is 3. The van der Waals surface area contributed by atoms with Crippen molar-refractivity contribution in [2.24, 2.45) is 0 Å². The minimum Gasteiger partial charge on any atom is -0.478 e. The van der Waals surface area contributed by atoms with Crippen LogP contribution in [-0.2, 0) is 16.3 Å². The molecule has 0 aliphatic carbocycles. The van der Waals surface area contributed by atoms with E-state index in [1.165, 1.54) is 24.3 Å². The quantitative estimate of drug-likeness (QED) is 0.343. The van der Waals surface area contributed by atoms with Crippen LogP contribution in [0.15, 0.2) is 76.5 Å².